The number of nitro benzene ring substituents is 1. The van der Waals surface area contributed by atoms with E-state index in [4.69, 9.17) is 4.74 Å². The smallest absolute Gasteiger partial charge is 0.339 e. The van der Waals surface area contributed by atoms with Crippen molar-refractivity contribution in [2.24, 2.45) is 0 Å². The van der Waals surface area contributed by atoms with Gasteiger partial charge in [-0.25, -0.2) is 4.79 Å². The molecule has 0 saturated carbocycles. The van der Waals surface area contributed by atoms with Gasteiger partial charge in [-0.15, -0.1) is 0 Å². The second kappa shape index (κ2) is 7.57. The van der Waals surface area contributed by atoms with Crippen LogP contribution in [-0.4, -0.2) is 22.9 Å². The molecule has 0 aliphatic heterocycles. The van der Waals surface area contributed by atoms with Crippen molar-refractivity contribution in [3.8, 4) is 0 Å². The van der Waals surface area contributed by atoms with Crippen molar-refractivity contribution in [1.82, 2.24) is 0 Å². The van der Waals surface area contributed by atoms with E-state index < -0.39 is 22.9 Å². The highest BCUT2D eigenvalue weighted by Gasteiger charge is 2.21. The third-order valence-electron chi connectivity index (χ3n) is 3.61. The molecule has 2 aromatic carbocycles. The van der Waals surface area contributed by atoms with Crippen LogP contribution in [0.15, 0.2) is 42.5 Å². The van der Waals surface area contributed by atoms with E-state index in [-0.39, 0.29) is 11.3 Å². The number of aryl methyl sites for hydroxylation is 2. The Kier molecular flexibility index (Phi) is 5.49. The lowest BCUT2D eigenvalue weighted by Gasteiger charge is -2.14. The molecule has 1 atom stereocenters. The number of esters is 1. The number of hydrogen-bond donors (Lipinski definition) is 1. The minimum absolute atomic E-state index is 0.0206. The fraction of sp³-hybridized carbons (Fsp3) is 0.222. The molecule has 0 aromatic heterocycles. The number of nitro groups is 1. The number of anilines is 1. The maximum atomic E-state index is 12.1. The topological polar surface area (TPSA) is 98.5 Å². The summed E-state index contributed by atoms with van der Waals surface area (Å²) in [6.45, 7) is 4.94. The van der Waals surface area contributed by atoms with Crippen LogP contribution in [0.1, 0.15) is 28.4 Å². The fourth-order valence-electron chi connectivity index (χ4n) is 2.10. The third kappa shape index (κ3) is 4.63. The molecule has 7 heteroatoms. The highest BCUT2D eigenvalue weighted by atomic mass is 16.6. The van der Waals surface area contributed by atoms with Crippen LogP contribution in [0.2, 0.25) is 0 Å². The van der Waals surface area contributed by atoms with Crippen LogP contribution >= 0.6 is 0 Å². The van der Waals surface area contributed by atoms with Crippen molar-refractivity contribution >= 4 is 23.3 Å². The van der Waals surface area contributed by atoms with Crippen LogP contribution in [0.4, 0.5) is 11.4 Å². The van der Waals surface area contributed by atoms with Crippen molar-refractivity contribution in [2.45, 2.75) is 26.9 Å². The van der Waals surface area contributed by atoms with Gasteiger partial charge in [0, 0.05) is 17.3 Å². The molecule has 0 bridgehead atoms. The Hall–Kier alpha value is -3.22. The monoisotopic (exact) mass is 342 g/mol. The van der Waals surface area contributed by atoms with E-state index in [0.29, 0.717) is 11.3 Å². The van der Waals surface area contributed by atoms with E-state index in [0.717, 1.165) is 11.6 Å². The second-order valence-electron chi connectivity index (χ2n) is 5.66. The number of amides is 1. The lowest BCUT2D eigenvalue weighted by molar-refractivity contribution is -0.385. The normalized spacial score (nSPS) is 11.5. The van der Waals surface area contributed by atoms with E-state index in [1.54, 1.807) is 19.1 Å². The Bertz CT molecular complexity index is 815. The lowest BCUT2D eigenvalue weighted by Crippen LogP contribution is -2.30. The first kappa shape index (κ1) is 18.1. The summed E-state index contributed by atoms with van der Waals surface area (Å²) in [6, 6.07) is 11.2. The van der Waals surface area contributed by atoms with Crippen molar-refractivity contribution in [3.05, 3.63) is 69.3 Å². The van der Waals surface area contributed by atoms with Crippen LogP contribution in [0.3, 0.4) is 0 Å². The summed E-state index contributed by atoms with van der Waals surface area (Å²) in [4.78, 5) is 34.6. The van der Waals surface area contributed by atoms with E-state index in [2.05, 4.69) is 5.32 Å². The summed E-state index contributed by atoms with van der Waals surface area (Å²) >= 11 is 0. The highest BCUT2D eigenvalue weighted by Crippen LogP contribution is 2.20. The lowest BCUT2D eigenvalue weighted by atomic mass is 10.1. The number of benzene rings is 2. The third-order valence-corrected chi connectivity index (χ3v) is 3.61. The molecule has 2 aromatic rings. The van der Waals surface area contributed by atoms with Gasteiger partial charge in [-0.1, -0.05) is 23.8 Å². The van der Waals surface area contributed by atoms with Crippen LogP contribution in [0.25, 0.3) is 0 Å². The maximum absolute atomic E-state index is 12.1. The largest absolute Gasteiger partial charge is 0.449 e. The molecule has 0 heterocycles. The summed E-state index contributed by atoms with van der Waals surface area (Å²) in [5.41, 5.74) is 1.92. The standard InChI is InChI=1S/C18H18N2O5/c1-11-4-8-15(9-5-11)19-17(21)13(3)25-18(22)14-7-6-12(2)16(10-14)20(23)24/h4-10,13H,1-3H3,(H,19,21)/t13-/m1/s1. The summed E-state index contributed by atoms with van der Waals surface area (Å²) < 4.78 is 5.10. The number of rotatable bonds is 5. The molecule has 7 nitrogen and oxygen atoms in total. The zero-order valence-electron chi connectivity index (χ0n) is 14.1. The zero-order chi connectivity index (χ0) is 18.6. The molecule has 0 saturated heterocycles. The van der Waals surface area contributed by atoms with Crippen molar-refractivity contribution in [3.63, 3.8) is 0 Å². The fourth-order valence-corrected chi connectivity index (χ4v) is 2.10. The summed E-state index contributed by atoms with van der Waals surface area (Å²) in [5, 5.41) is 13.6. The van der Waals surface area contributed by atoms with Crippen LogP contribution in [0.5, 0.6) is 0 Å². The van der Waals surface area contributed by atoms with Crippen LogP contribution < -0.4 is 5.32 Å². The van der Waals surface area contributed by atoms with Gasteiger partial charge < -0.3 is 10.1 Å². The van der Waals surface area contributed by atoms with Crippen molar-refractivity contribution in [2.75, 3.05) is 5.32 Å². The number of nitrogens with one attached hydrogen (secondary N) is 1. The summed E-state index contributed by atoms with van der Waals surface area (Å²) in [7, 11) is 0. The Balaban J connectivity index is 2.04. The summed E-state index contributed by atoms with van der Waals surface area (Å²) in [6.07, 6.45) is -1.05. The molecule has 0 aliphatic rings. The SMILES string of the molecule is Cc1ccc(NC(=O)[C@@H](C)OC(=O)c2ccc(C)c([N+](=O)[O-])c2)cc1. The van der Waals surface area contributed by atoms with Crippen molar-refractivity contribution < 1.29 is 19.2 Å². The van der Waals surface area contributed by atoms with Gasteiger partial charge in [-0.05, 0) is 39.0 Å². The Morgan fingerprint density at radius 1 is 1.12 bits per heavy atom. The van der Waals surface area contributed by atoms with Gasteiger partial charge in [0.25, 0.3) is 11.6 Å². The number of nitrogens with zero attached hydrogens (tertiary/aromatic N) is 1. The van der Waals surface area contributed by atoms with Gasteiger partial charge in [0.05, 0.1) is 10.5 Å². The Labute approximate surface area is 144 Å². The molecule has 130 valence electrons. The van der Waals surface area contributed by atoms with E-state index in [1.807, 2.05) is 19.1 Å². The number of ether oxygens (including phenoxy) is 1. The predicted molar refractivity (Wildman–Crippen MR) is 92.5 cm³/mol. The van der Waals surface area contributed by atoms with Gasteiger partial charge in [-0.3, -0.25) is 14.9 Å². The van der Waals surface area contributed by atoms with Crippen LogP contribution in [-0.2, 0) is 9.53 Å². The van der Waals surface area contributed by atoms with Crippen molar-refractivity contribution in [1.29, 1.82) is 0 Å². The van der Waals surface area contributed by atoms with Gasteiger partial charge in [-0.2, -0.15) is 0 Å². The molecule has 25 heavy (non-hydrogen) atoms. The van der Waals surface area contributed by atoms with E-state index >= 15 is 0 Å². The number of carbonyl (C=O) groups excluding carboxylic acids is 2. The maximum Gasteiger partial charge on any atom is 0.339 e. The molecule has 1 amide bonds. The zero-order valence-corrected chi connectivity index (χ0v) is 14.1. The minimum Gasteiger partial charge on any atom is -0.449 e. The Morgan fingerprint density at radius 2 is 1.76 bits per heavy atom. The average Bonchev–Trinajstić information content (AvgIpc) is 2.56. The molecule has 2 rings (SSSR count). The summed E-state index contributed by atoms with van der Waals surface area (Å²) in [5.74, 6) is -1.28. The molecule has 0 fully saturated rings. The van der Waals surface area contributed by atoms with Gasteiger partial charge in [0.1, 0.15) is 0 Å². The number of hydrogen-bond acceptors (Lipinski definition) is 5. The molecular weight excluding hydrogens is 324 g/mol. The quantitative estimate of drug-likeness (QED) is 0.510. The molecule has 0 aliphatic carbocycles. The van der Waals surface area contributed by atoms with Gasteiger partial charge >= 0.3 is 5.97 Å². The first-order chi connectivity index (χ1) is 11.8. The Morgan fingerprint density at radius 3 is 2.36 bits per heavy atom. The highest BCUT2D eigenvalue weighted by molar-refractivity contribution is 5.97. The second-order valence-corrected chi connectivity index (χ2v) is 5.66. The minimum atomic E-state index is -1.05. The molecule has 0 spiro atoms. The van der Waals surface area contributed by atoms with Gasteiger partial charge in [0.2, 0.25) is 0 Å². The van der Waals surface area contributed by atoms with Crippen LogP contribution in [0, 0.1) is 24.0 Å². The predicted octanol–water partition coefficient (Wildman–Crippen LogP) is 3.40. The number of carbonyl (C=O) groups is 2. The molecule has 0 radical (unpaired) electrons. The molecule has 0 unspecified atom stereocenters. The van der Waals surface area contributed by atoms with Gasteiger partial charge in [0.15, 0.2) is 6.10 Å². The first-order valence-electron chi connectivity index (χ1n) is 7.61. The van der Waals surface area contributed by atoms with E-state index in [1.165, 1.54) is 19.1 Å². The molecular formula is C18H18N2O5. The van der Waals surface area contributed by atoms with E-state index in [9.17, 15) is 19.7 Å². The first-order valence-corrected chi connectivity index (χ1v) is 7.61. The molecule has 1 N–H and O–H groups in total. The average molecular weight is 342 g/mol.